The molecule has 1 amide bonds. The number of anilines is 1. The Morgan fingerprint density at radius 1 is 1.05 bits per heavy atom. The number of carbonyl (C=O) groups excluding carboxylic acids is 1. The maximum atomic E-state index is 14.8. The topological polar surface area (TPSA) is 91.4 Å². The quantitative estimate of drug-likeness (QED) is 0.332. The van der Waals surface area contributed by atoms with E-state index in [-0.39, 0.29) is 42.2 Å². The van der Waals surface area contributed by atoms with Crippen LogP contribution in [-0.2, 0) is 23.8 Å². The second kappa shape index (κ2) is 11.2. The molecule has 1 heterocycles. The van der Waals surface area contributed by atoms with Gasteiger partial charge >= 0.3 is 6.18 Å². The number of alkyl halides is 3. The van der Waals surface area contributed by atoms with Crippen molar-refractivity contribution in [2.75, 3.05) is 18.5 Å². The van der Waals surface area contributed by atoms with Crippen molar-refractivity contribution in [2.45, 2.75) is 39.8 Å². The number of aromatic nitrogens is 1. The molecule has 1 aromatic heterocycles. The molecule has 2 aromatic carbocycles. The minimum atomic E-state index is -4.66. The molecular weight excluding hydrogens is 492 g/mol. The number of amides is 1. The molecule has 0 saturated heterocycles. The van der Waals surface area contributed by atoms with E-state index in [2.05, 4.69) is 10.3 Å². The van der Waals surface area contributed by atoms with E-state index in [0.29, 0.717) is 11.1 Å². The third-order valence-corrected chi connectivity index (χ3v) is 5.70. The Hall–Kier alpha value is -3.66. The minimum Gasteiger partial charge on any atom is -0.488 e. The highest BCUT2D eigenvalue weighted by molar-refractivity contribution is 5.92. The van der Waals surface area contributed by atoms with Crippen LogP contribution in [0.4, 0.5) is 23.2 Å². The summed E-state index contributed by atoms with van der Waals surface area (Å²) < 4.78 is 61.0. The number of hydrogen-bond donors (Lipinski definition) is 3. The largest absolute Gasteiger partial charge is 0.488 e. The summed E-state index contributed by atoms with van der Waals surface area (Å²) in [4.78, 5) is 26.8. The van der Waals surface area contributed by atoms with Crippen molar-refractivity contribution in [2.24, 2.45) is 5.41 Å². The summed E-state index contributed by atoms with van der Waals surface area (Å²) in [6.45, 7) is 5.02. The number of pyridine rings is 1. The summed E-state index contributed by atoms with van der Waals surface area (Å²) in [7, 11) is 0. The van der Waals surface area contributed by atoms with Gasteiger partial charge in [-0.25, -0.2) is 4.39 Å². The highest BCUT2D eigenvalue weighted by Gasteiger charge is 2.35. The van der Waals surface area contributed by atoms with Crippen LogP contribution in [-0.4, -0.2) is 29.2 Å². The first-order valence-corrected chi connectivity index (χ1v) is 11.6. The lowest BCUT2D eigenvalue weighted by molar-refractivity contribution is -0.138. The van der Waals surface area contributed by atoms with Gasteiger partial charge in [0.1, 0.15) is 5.82 Å². The van der Waals surface area contributed by atoms with Crippen LogP contribution in [0.5, 0.6) is 5.75 Å². The van der Waals surface area contributed by atoms with Gasteiger partial charge in [0.15, 0.2) is 5.75 Å². The molecule has 0 aliphatic carbocycles. The van der Waals surface area contributed by atoms with Crippen LogP contribution < -0.4 is 15.6 Å². The first-order chi connectivity index (χ1) is 17.3. The van der Waals surface area contributed by atoms with Gasteiger partial charge in [-0.15, -0.1) is 0 Å². The molecular formula is C27H28F4N2O4. The Morgan fingerprint density at radius 3 is 2.38 bits per heavy atom. The van der Waals surface area contributed by atoms with Gasteiger partial charge in [0, 0.05) is 24.1 Å². The monoisotopic (exact) mass is 520 g/mol. The molecule has 0 bridgehead atoms. The number of rotatable bonds is 9. The molecule has 0 spiro atoms. The molecule has 0 atom stereocenters. The van der Waals surface area contributed by atoms with E-state index in [0.717, 1.165) is 6.07 Å². The summed E-state index contributed by atoms with van der Waals surface area (Å²) >= 11 is 0. The van der Waals surface area contributed by atoms with Crippen LogP contribution in [0, 0.1) is 11.2 Å². The van der Waals surface area contributed by atoms with Crippen molar-refractivity contribution < 1.29 is 32.2 Å². The number of carbonyl (C=O) groups is 1. The minimum absolute atomic E-state index is 0.000864. The van der Waals surface area contributed by atoms with Gasteiger partial charge in [-0.1, -0.05) is 32.0 Å². The number of benzene rings is 2. The van der Waals surface area contributed by atoms with Gasteiger partial charge in [0.25, 0.3) is 5.56 Å². The van der Waals surface area contributed by atoms with Crippen LogP contribution >= 0.6 is 0 Å². The van der Waals surface area contributed by atoms with E-state index in [1.807, 2.05) is 0 Å². The average Bonchev–Trinajstić information content (AvgIpc) is 2.82. The number of ether oxygens (including phenoxy) is 1. The summed E-state index contributed by atoms with van der Waals surface area (Å²) in [5.74, 6) is -1.28. The Balaban J connectivity index is 1.77. The molecule has 0 unspecified atom stereocenters. The van der Waals surface area contributed by atoms with E-state index >= 15 is 0 Å². The zero-order valence-corrected chi connectivity index (χ0v) is 20.6. The molecule has 37 heavy (non-hydrogen) atoms. The second-order valence-electron chi connectivity index (χ2n) is 9.41. The van der Waals surface area contributed by atoms with E-state index in [1.54, 1.807) is 26.8 Å². The second-order valence-corrected chi connectivity index (χ2v) is 9.41. The molecule has 10 heteroatoms. The Labute approximate surface area is 211 Å². The fourth-order valence-electron chi connectivity index (χ4n) is 3.78. The van der Waals surface area contributed by atoms with Crippen molar-refractivity contribution in [3.8, 4) is 16.9 Å². The van der Waals surface area contributed by atoms with E-state index in [1.165, 1.54) is 36.5 Å². The molecule has 0 saturated carbocycles. The Morgan fingerprint density at radius 2 is 1.76 bits per heavy atom. The van der Waals surface area contributed by atoms with E-state index in [4.69, 9.17) is 4.74 Å². The molecule has 6 nitrogen and oxygen atoms in total. The molecule has 198 valence electrons. The van der Waals surface area contributed by atoms with Crippen LogP contribution in [0.25, 0.3) is 11.1 Å². The van der Waals surface area contributed by atoms with E-state index in [9.17, 15) is 32.3 Å². The van der Waals surface area contributed by atoms with Gasteiger partial charge in [0.2, 0.25) is 5.91 Å². The molecule has 0 aliphatic heterocycles. The molecule has 0 radical (unpaired) electrons. The van der Waals surface area contributed by atoms with Crippen molar-refractivity contribution >= 4 is 11.6 Å². The van der Waals surface area contributed by atoms with Crippen LogP contribution in [0.1, 0.15) is 37.5 Å². The average molecular weight is 521 g/mol. The third-order valence-electron chi connectivity index (χ3n) is 5.70. The SMILES string of the molecule is CCOc1cc(-c2ccc(CC(=O)Nc3ccc(CC(C)(C)CO)c(C(F)(F)F)c3)c(F)c2)c[nH]c1=O. The highest BCUT2D eigenvalue weighted by atomic mass is 19.4. The zero-order chi connectivity index (χ0) is 27.4. The summed E-state index contributed by atoms with van der Waals surface area (Å²) in [6.07, 6.45) is -3.66. The predicted octanol–water partition coefficient (Wildman–Crippen LogP) is 5.34. The maximum absolute atomic E-state index is 14.8. The lowest BCUT2D eigenvalue weighted by atomic mass is 9.84. The van der Waals surface area contributed by atoms with Crippen molar-refractivity contribution in [3.05, 3.63) is 81.5 Å². The smallest absolute Gasteiger partial charge is 0.416 e. The zero-order valence-electron chi connectivity index (χ0n) is 20.6. The molecule has 3 aromatic rings. The van der Waals surface area contributed by atoms with Gasteiger partial charge < -0.3 is 20.1 Å². The van der Waals surface area contributed by atoms with Gasteiger partial charge in [-0.05, 0) is 59.7 Å². The summed E-state index contributed by atoms with van der Waals surface area (Å²) in [6, 6.07) is 9.10. The van der Waals surface area contributed by atoms with Crippen LogP contribution in [0.2, 0.25) is 0 Å². The summed E-state index contributed by atoms with van der Waals surface area (Å²) in [5.41, 5.74) is -1.16. The van der Waals surface area contributed by atoms with Crippen LogP contribution in [0.3, 0.4) is 0 Å². The Kier molecular flexibility index (Phi) is 8.42. The number of aliphatic hydroxyl groups is 1. The van der Waals surface area contributed by atoms with Crippen molar-refractivity contribution in [1.29, 1.82) is 0 Å². The molecule has 0 aliphatic rings. The third kappa shape index (κ3) is 7.19. The lowest BCUT2D eigenvalue weighted by Crippen LogP contribution is -2.22. The Bertz CT molecular complexity index is 1330. The number of aromatic amines is 1. The summed E-state index contributed by atoms with van der Waals surface area (Å²) in [5, 5.41) is 11.8. The number of nitrogens with one attached hydrogen (secondary N) is 2. The first-order valence-electron chi connectivity index (χ1n) is 11.6. The standard InChI is InChI=1S/C27H28F4N2O4/c1-4-37-23-10-19(14-32-25(23)36)16-5-6-17(22(28)9-16)11-24(35)33-20-8-7-18(13-26(2,3)15-34)21(12-20)27(29,30)31/h5-10,12,14,34H,4,11,13,15H2,1-3H3,(H,32,36)(H,33,35). The molecule has 0 fully saturated rings. The number of aliphatic hydroxyl groups excluding tert-OH is 1. The fraction of sp³-hybridized carbons (Fsp3) is 0.333. The number of hydrogen-bond acceptors (Lipinski definition) is 4. The number of halogens is 4. The van der Waals surface area contributed by atoms with Gasteiger partial charge in [-0.2, -0.15) is 13.2 Å². The molecule has 3 N–H and O–H groups in total. The first kappa shape index (κ1) is 27.9. The van der Waals surface area contributed by atoms with Gasteiger partial charge in [-0.3, -0.25) is 9.59 Å². The fourth-order valence-corrected chi connectivity index (χ4v) is 3.78. The number of H-pyrrole nitrogens is 1. The van der Waals surface area contributed by atoms with Crippen molar-refractivity contribution in [3.63, 3.8) is 0 Å². The van der Waals surface area contributed by atoms with Crippen LogP contribution in [0.15, 0.2) is 53.5 Å². The normalized spacial score (nSPS) is 11.9. The van der Waals surface area contributed by atoms with Crippen molar-refractivity contribution in [1.82, 2.24) is 4.98 Å². The predicted molar refractivity (Wildman–Crippen MR) is 132 cm³/mol. The lowest BCUT2D eigenvalue weighted by Gasteiger charge is -2.24. The van der Waals surface area contributed by atoms with E-state index < -0.39 is 40.9 Å². The molecule has 3 rings (SSSR count). The van der Waals surface area contributed by atoms with Gasteiger partial charge in [0.05, 0.1) is 18.6 Å². The highest BCUT2D eigenvalue weighted by Crippen LogP contribution is 2.36. The maximum Gasteiger partial charge on any atom is 0.416 e.